The van der Waals surface area contributed by atoms with Crippen LogP contribution in [0, 0.1) is 0 Å². The zero-order valence-corrected chi connectivity index (χ0v) is 12.5. The molecule has 2 aliphatic rings. The van der Waals surface area contributed by atoms with Crippen molar-refractivity contribution in [2.45, 2.75) is 24.5 Å². The Morgan fingerprint density at radius 1 is 1.05 bits per heavy atom. The molecule has 1 heterocycles. The molecule has 0 spiro atoms. The van der Waals surface area contributed by atoms with Crippen LogP contribution in [0.4, 0.5) is 0 Å². The van der Waals surface area contributed by atoms with Crippen molar-refractivity contribution in [2.24, 2.45) is 16.5 Å². The first-order valence-electron chi connectivity index (χ1n) is 7.60. The minimum atomic E-state index is -0.647. The molecule has 0 radical (unpaired) electrons. The highest BCUT2D eigenvalue weighted by Gasteiger charge is 2.38. The fourth-order valence-corrected chi connectivity index (χ4v) is 3.45. The van der Waals surface area contributed by atoms with Gasteiger partial charge in [0.2, 0.25) is 0 Å². The molecule has 1 aliphatic heterocycles. The molecular weight excluding hydrogens is 270 g/mol. The normalized spacial score (nSPS) is 26.0. The van der Waals surface area contributed by atoms with Crippen LogP contribution in [0.5, 0.6) is 0 Å². The minimum absolute atomic E-state index is 0.0919. The van der Waals surface area contributed by atoms with E-state index < -0.39 is 11.7 Å². The molecule has 3 nitrogen and oxygen atoms in total. The van der Waals surface area contributed by atoms with Crippen molar-refractivity contribution in [2.75, 3.05) is 0 Å². The lowest BCUT2D eigenvalue weighted by atomic mass is 9.74. The fraction of sp³-hybridized carbons (Fsp3) is 0.211. The van der Waals surface area contributed by atoms with Crippen molar-refractivity contribution in [3.63, 3.8) is 0 Å². The van der Waals surface area contributed by atoms with Crippen molar-refractivity contribution in [1.29, 1.82) is 0 Å². The van der Waals surface area contributed by atoms with E-state index in [0.717, 1.165) is 0 Å². The Labute approximate surface area is 130 Å². The van der Waals surface area contributed by atoms with Gasteiger partial charge in [-0.2, -0.15) is 0 Å². The number of dihydropyridines is 1. The van der Waals surface area contributed by atoms with Crippen LogP contribution in [0.2, 0.25) is 0 Å². The van der Waals surface area contributed by atoms with Gasteiger partial charge in [0, 0.05) is 12.1 Å². The predicted molar refractivity (Wildman–Crippen MR) is 91.8 cm³/mol. The van der Waals surface area contributed by atoms with E-state index in [-0.39, 0.29) is 5.92 Å². The molecule has 1 aliphatic carbocycles. The van der Waals surface area contributed by atoms with Gasteiger partial charge < -0.3 is 11.5 Å². The van der Waals surface area contributed by atoms with E-state index in [1.54, 1.807) is 6.21 Å². The molecule has 0 saturated heterocycles. The largest absolute Gasteiger partial charge is 0.319 e. The molecule has 0 bridgehead atoms. The summed E-state index contributed by atoms with van der Waals surface area (Å²) in [7, 11) is 0. The number of benzene rings is 2. The van der Waals surface area contributed by atoms with Crippen LogP contribution in [-0.2, 0) is 0 Å². The van der Waals surface area contributed by atoms with E-state index in [4.69, 9.17) is 11.5 Å². The summed E-state index contributed by atoms with van der Waals surface area (Å²) in [4.78, 5) is 4.26. The van der Waals surface area contributed by atoms with Crippen molar-refractivity contribution in [3.05, 3.63) is 60.2 Å². The molecule has 4 N–H and O–H groups in total. The molecule has 2 aromatic carbocycles. The SMILES string of the molecule is CC(c1ccc2c(c1)-c1ccccc1-2)C1(N)C=CC=NC1N. The Balaban J connectivity index is 1.72. The van der Waals surface area contributed by atoms with Crippen LogP contribution in [0.25, 0.3) is 22.3 Å². The Bertz CT molecular complexity index is 806. The van der Waals surface area contributed by atoms with E-state index in [1.807, 2.05) is 12.2 Å². The number of nitrogens with zero attached hydrogens (tertiary/aromatic N) is 1. The third kappa shape index (κ3) is 1.73. The highest BCUT2D eigenvalue weighted by Crippen LogP contribution is 2.48. The summed E-state index contributed by atoms with van der Waals surface area (Å²) in [5, 5.41) is 0. The smallest absolute Gasteiger partial charge is 0.119 e. The van der Waals surface area contributed by atoms with Crippen molar-refractivity contribution < 1.29 is 0 Å². The highest BCUT2D eigenvalue weighted by molar-refractivity contribution is 6.02. The number of rotatable bonds is 2. The fourth-order valence-electron chi connectivity index (χ4n) is 3.45. The molecule has 4 rings (SSSR count). The first-order chi connectivity index (χ1) is 10.6. The molecule has 3 unspecified atom stereocenters. The lowest BCUT2D eigenvalue weighted by molar-refractivity contribution is 0.370. The Hall–Kier alpha value is -2.23. The first kappa shape index (κ1) is 13.4. The summed E-state index contributed by atoms with van der Waals surface area (Å²) < 4.78 is 0. The number of fused-ring (bicyclic) bond motifs is 4. The van der Waals surface area contributed by atoms with E-state index in [9.17, 15) is 0 Å². The van der Waals surface area contributed by atoms with Crippen molar-refractivity contribution >= 4 is 6.21 Å². The lowest BCUT2D eigenvalue weighted by Gasteiger charge is -2.38. The van der Waals surface area contributed by atoms with Crippen molar-refractivity contribution in [3.8, 4) is 22.3 Å². The predicted octanol–water partition coefficient (Wildman–Crippen LogP) is 3.06. The molecule has 2 aromatic rings. The maximum absolute atomic E-state index is 6.55. The molecule has 22 heavy (non-hydrogen) atoms. The van der Waals surface area contributed by atoms with Crippen LogP contribution in [0.15, 0.2) is 59.6 Å². The highest BCUT2D eigenvalue weighted by atomic mass is 15.0. The number of hydrogen-bond donors (Lipinski definition) is 2. The number of nitrogens with two attached hydrogens (primary N) is 2. The summed E-state index contributed by atoms with van der Waals surface area (Å²) >= 11 is 0. The summed E-state index contributed by atoms with van der Waals surface area (Å²) in [6.45, 7) is 2.12. The lowest BCUT2D eigenvalue weighted by Crippen LogP contribution is -2.57. The number of aliphatic imine (C=N–C) groups is 1. The van der Waals surface area contributed by atoms with Crippen LogP contribution >= 0.6 is 0 Å². The van der Waals surface area contributed by atoms with Gasteiger partial charge in [0.1, 0.15) is 6.17 Å². The van der Waals surface area contributed by atoms with Crippen molar-refractivity contribution in [1.82, 2.24) is 0 Å². The van der Waals surface area contributed by atoms with Crippen LogP contribution in [0.1, 0.15) is 18.4 Å². The van der Waals surface area contributed by atoms with Gasteiger partial charge in [-0.05, 0) is 33.9 Å². The van der Waals surface area contributed by atoms with Gasteiger partial charge in [0.05, 0.1) is 5.54 Å². The summed E-state index contributed by atoms with van der Waals surface area (Å²) in [6, 6.07) is 15.1. The van der Waals surface area contributed by atoms with Crippen LogP contribution in [-0.4, -0.2) is 17.9 Å². The molecule has 0 saturated carbocycles. The average molecular weight is 289 g/mol. The molecule has 0 amide bonds. The maximum Gasteiger partial charge on any atom is 0.119 e. The molecule has 3 heteroatoms. The summed E-state index contributed by atoms with van der Waals surface area (Å²) in [6.07, 6.45) is 5.17. The zero-order chi connectivity index (χ0) is 15.3. The van der Waals surface area contributed by atoms with Gasteiger partial charge in [0.25, 0.3) is 0 Å². The molecule has 0 fully saturated rings. The average Bonchev–Trinajstić information content (AvgIpc) is 2.54. The topological polar surface area (TPSA) is 64.4 Å². The van der Waals surface area contributed by atoms with E-state index in [1.165, 1.54) is 27.8 Å². The Morgan fingerprint density at radius 3 is 2.45 bits per heavy atom. The number of hydrogen-bond acceptors (Lipinski definition) is 3. The van der Waals surface area contributed by atoms with Crippen LogP contribution in [0.3, 0.4) is 0 Å². The maximum atomic E-state index is 6.55. The van der Waals surface area contributed by atoms with Gasteiger partial charge in [0.15, 0.2) is 0 Å². The van der Waals surface area contributed by atoms with Gasteiger partial charge in [-0.3, -0.25) is 4.99 Å². The Morgan fingerprint density at radius 2 is 1.73 bits per heavy atom. The second kappa shape index (κ2) is 4.63. The van der Waals surface area contributed by atoms with Crippen LogP contribution < -0.4 is 11.5 Å². The third-order valence-electron chi connectivity index (χ3n) is 5.03. The first-order valence-corrected chi connectivity index (χ1v) is 7.60. The van der Waals surface area contributed by atoms with E-state index in [2.05, 4.69) is 54.4 Å². The monoisotopic (exact) mass is 289 g/mol. The summed E-state index contributed by atoms with van der Waals surface area (Å²) in [5.74, 6) is 0.0919. The Kier molecular flexibility index (Phi) is 2.83. The van der Waals surface area contributed by atoms with Gasteiger partial charge in [-0.1, -0.05) is 55.5 Å². The van der Waals surface area contributed by atoms with E-state index in [0.29, 0.717) is 0 Å². The quantitative estimate of drug-likeness (QED) is 0.761. The summed E-state index contributed by atoms with van der Waals surface area (Å²) in [5.41, 5.74) is 18.5. The van der Waals surface area contributed by atoms with Gasteiger partial charge >= 0.3 is 0 Å². The molecule has 0 aromatic heterocycles. The van der Waals surface area contributed by atoms with E-state index >= 15 is 0 Å². The number of allylic oxidation sites excluding steroid dienone is 1. The molecular formula is C19H19N3. The molecule has 3 atom stereocenters. The minimum Gasteiger partial charge on any atom is -0.319 e. The van der Waals surface area contributed by atoms with Gasteiger partial charge in [-0.25, -0.2) is 0 Å². The standard InChI is InChI=1S/C19H19N3/c1-12(19(21)9-4-10-22-18(19)20)13-7-8-16-14-5-2-3-6-15(14)17(16)11-13/h2-12,18H,20-21H2,1H3. The van der Waals surface area contributed by atoms with Gasteiger partial charge in [-0.15, -0.1) is 0 Å². The zero-order valence-electron chi connectivity index (χ0n) is 12.5. The molecule has 110 valence electrons. The second-order valence-corrected chi connectivity index (χ2v) is 6.17. The second-order valence-electron chi connectivity index (χ2n) is 6.17. The third-order valence-corrected chi connectivity index (χ3v) is 5.03.